The van der Waals surface area contributed by atoms with E-state index in [9.17, 15) is 4.79 Å². The summed E-state index contributed by atoms with van der Waals surface area (Å²) in [5, 5.41) is 3.46. The number of aromatic amines is 1. The molecule has 5 nitrogen and oxygen atoms in total. The third kappa shape index (κ3) is 3.09. The molecular weight excluding hydrogens is 380 g/mol. The van der Waals surface area contributed by atoms with E-state index in [4.69, 9.17) is 0 Å². The molecule has 2 atom stereocenters. The summed E-state index contributed by atoms with van der Waals surface area (Å²) in [5.74, 6) is 0.574. The van der Waals surface area contributed by atoms with Crippen LogP contribution in [-0.2, 0) is 0 Å². The molecule has 3 aromatic rings. The van der Waals surface area contributed by atoms with Crippen LogP contribution in [0.3, 0.4) is 0 Å². The number of nitrogens with zero attached hydrogens (tertiary/aromatic N) is 2. The second-order valence-electron chi connectivity index (χ2n) is 8.82. The van der Waals surface area contributed by atoms with E-state index in [1.54, 1.807) is 11.3 Å². The molecule has 5 heterocycles. The van der Waals surface area contributed by atoms with E-state index >= 15 is 0 Å². The third-order valence-electron chi connectivity index (χ3n) is 6.28. The minimum Gasteiger partial charge on any atom is -0.354 e. The summed E-state index contributed by atoms with van der Waals surface area (Å²) in [4.78, 5) is 24.5. The summed E-state index contributed by atoms with van der Waals surface area (Å²) in [5.41, 5.74) is 6.77. The van der Waals surface area contributed by atoms with Crippen molar-refractivity contribution in [1.82, 2.24) is 20.2 Å². The predicted molar refractivity (Wildman–Crippen MR) is 119 cm³/mol. The molecule has 0 aromatic carbocycles. The van der Waals surface area contributed by atoms with Crippen LogP contribution in [0.1, 0.15) is 59.2 Å². The molecule has 2 aliphatic rings. The van der Waals surface area contributed by atoms with Crippen molar-refractivity contribution in [2.75, 3.05) is 13.1 Å². The summed E-state index contributed by atoms with van der Waals surface area (Å²) < 4.78 is 1.22. The SMILES string of the molecule is Cc1cc(-c2[nH]c3cc(C(=O)N4C5CCC4CNC5)sc3c2C(C)C)cc(C)n1. The van der Waals surface area contributed by atoms with E-state index in [-0.39, 0.29) is 5.91 Å². The molecule has 2 saturated heterocycles. The average molecular weight is 409 g/mol. The molecular formula is C23H28N4OS. The van der Waals surface area contributed by atoms with Crippen molar-refractivity contribution in [1.29, 1.82) is 0 Å². The number of thiophene rings is 1. The standard InChI is InChI=1S/C23H28N4OS/c1-12(2)20-21(15-7-13(3)25-14(4)8-15)26-18-9-19(29-22(18)20)23(28)27-16-5-6-17(27)11-24-10-16/h7-9,12,16-17,24,26H,5-6,10-11H2,1-4H3. The van der Waals surface area contributed by atoms with Crippen molar-refractivity contribution in [3.05, 3.63) is 40.0 Å². The number of aromatic nitrogens is 2. The number of hydrogen-bond acceptors (Lipinski definition) is 4. The number of aryl methyl sites for hydroxylation is 2. The van der Waals surface area contributed by atoms with Crippen LogP contribution in [0.5, 0.6) is 0 Å². The minimum atomic E-state index is 0.209. The van der Waals surface area contributed by atoms with Crippen molar-refractivity contribution in [2.45, 2.75) is 58.5 Å². The lowest BCUT2D eigenvalue weighted by atomic mass is 9.99. The van der Waals surface area contributed by atoms with Crippen LogP contribution in [0.15, 0.2) is 18.2 Å². The molecule has 1 amide bonds. The third-order valence-corrected chi connectivity index (χ3v) is 7.43. The highest BCUT2D eigenvalue weighted by atomic mass is 32.1. The van der Waals surface area contributed by atoms with Gasteiger partial charge in [-0.25, -0.2) is 0 Å². The molecule has 0 radical (unpaired) electrons. The Hall–Kier alpha value is -2.18. The van der Waals surface area contributed by atoms with Gasteiger partial charge in [0.2, 0.25) is 0 Å². The van der Waals surface area contributed by atoms with Gasteiger partial charge in [-0.15, -0.1) is 11.3 Å². The number of amides is 1. The van der Waals surface area contributed by atoms with Crippen molar-refractivity contribution in [3.8, 4) is 11.3 Å². The number of pyridine rings is 1. The highest BCUT2D eigenvalue weighted by Gasteiger charge is 2.40. The van der Waals surface area contributed by atoms with E-state index in [1.165, 1.54) is 15.8 Å². The summed E-state index contributed by atoms with van der Waals surface area (Å²) in [6.45, 7) is 10.4. The number of rotatable bonds is 3. The van der Waals surface area contributed by atoms with Gasteiger partial charge in [0, 0.05) is 42.1 Å². The van der Waals surface area contributed by atoms with Gasteiger partial charge in [-0.05, 0) is 56.4 Å². The van der Waals surface area contributed by atoms with Gasteiger partial charge in [0.05, 0.1) is 20.8 Å². The molecule has 2 unspecified atom stereocenters. The number of nitrogens with one attached hydrogen (secondary N) is 2. The van der Waals surface area contributed by atoms with Crippen LogP contribution in [-0.4, -0.2) is 45.9 Å². The molecule has 3 aromatic heterocycles. The van der Waals surface area contributed by atoms with Gasteiger partial charge in [0.15, 0.2) is 0 Å². The van der Waals surface area contributed by atoms with Gasteiger partial charge < -0.3 is 15.2 Å². The Kier molecular flexibility index (Phi) is 4.51. The van der Waals surface area contributed by atoms with Crippen LogP contribution in [0.4, 0.5) is 0 Å². The second-order valence-corrected chi connectivity index (χ2v) is 9.87. The highest BCUT2D eigenvalue weighted by Crippen LogP contribution is 2.41. The van der Waals surface area contributed by atoms with Crippen LogP contribution in [0, 0.1) is 13.8 Å². The average Bonchev–Trinajstić information content (AvgIpc) is 3.29. The largest absolute Gasteiger partial charge is 0.354 e. The first kappa shape index (κ1) is 18.8. The molecule has 0 aliphatic carbocycles. The van der Waals surface area contributed by atoms with Crippen molar-refractivity contribution in [2.24, 2.45) is 0 Å². The van der Waals surface area contributed by atoms with Gasteiger partial charge >= 0.3 is 0 Å². The Morgan fingerprint density at radius 2 is 1.79 bits per heavy atom. The molecule has 2 N–H and O–H groups in total. The van der Waals surface area contributed by atoms with Crippen molar-refractivity contribution >= 4 is 27.5 Å². The monoisotopic (exact) mass is 408 g/mol. The topological polar surface area (TPSA) is 61.0 Å². The van der Waals surface area contributed by atoms with Gasteiger partial charge in [0.1, 0.15) is 0 Å². The second kappa shape index (κ2) is 6.96. The van der Waals surface area contributed by atoms with Gasteiger partial charge in [-0.1, -0.05) is 13.8 Å². The number of fused-ring (bicyclic) bond motifs is 3. The molecule has 2 aliphatic heterocycles. The molecule has 2 bridgehead atoms. The number of H-pyrrole nitrogens is 1. The maximum atomic E-state index is 13.3. The molecule has 2 fully saturated rings. The molecule has 0 saturated carbocycles. The summed E-state index contributed by atoms with van der Waals surface area (Å²) in [6, 6.07) is 7.05. The Morgan fingerprint density at radius 1 is 1.14 bits per heavy atom. The maximum Gasteiger partial charge on any atom is 0.264 e. The highest BCUT2D eigenvalue weighted by molar-refractivity contribution is 7.21. The van der Waals surface area contributed by atoms with Crippen molar-refractivity contribution in [3.63, 3.8) is 0 Å². The lowest BCUT2D eigenvalue weighted by molar-refractivity contribution is 0.0624. The predicted octanol–water partition coefficient (Wildman–Crippen LogP) is 4.61. The maximum absolute atomic E-state index is 13.3. The van der Waals surface area contributed by atoms with Gasteiger partial charge in [-0.3, -0.25) is 9.78 Å². The molecule has 5 rings (SSSR count). The quantitative estimate of drug-likeness (QED) is 0.665. The van der Waals surface area contributed by atoms with Crippen LogP contribution < -0.4 is 5.32 Å². The van der Waals surface area contributed by atoms with Gasteiger partial charge in [0.25, 0.3) is 5.91 Å². The number of hydrogen-bond donors (Lipinski definition) is 2. The first-order valence-corrected chi connectivity index (χ1v) is 11.4. The zero-order chi connectivity index (χ0) is 20.3. The van der Waals surface area contributed by atoms with Crippen LogP contribution >= 0.6 is 11.3 Å². The lowest BCUT2D eigenvalue weighted by Crippen LogP contribution is -2.54. The first-order chi connectivity index (χ1) is 13.9. The lowest BCUT2D eigenvalue weighted by Gasteiger charge is -2.35. The minimum absolute atomic E-state index is 0.209. The zero-order valence-corrected chi connectivity index (χ0v) is 18.3. The Balaban J connectivity index is 1.57. The Bertz CT molecular complexity index is 1060. The molecule has 152 valence electrons. The van der Waals surface area contributed by atoms with Gasteiger partial charge in [-0.2, -0.15) is 0 Å². The van der Waals surface area contributed by atoms with E-state index in [0.717, 1.165) is 53.4 Å². The fourth-order valence-corrected chi connectivity index (χ4v) is 6.36. The Labute approximate surface area is 175 Å². The Morgan fingerprint density at radius 3 is 2.41 bits per heavy atom. The molecule has 6 heteroatoms. The molecule has 29 heavy (non-hydrogen) atoms. The zero-order valence-electron chi connectivity index (χ0n) is 17.5. The van der Waals surface area contributed by atoms with E-state index in [2.05, 4.69) is 52.2 Å². The van der Waals surface area contributed by atoms with Crippen LogP contribution in [0.25, 0.3) is 21.5 Å². The number of piperazine rings is 1. The first-order valence-electron chi connectivity index (χ1n) is 10.6. The van der Waals surface area contributed by atoms with Crippen LogP contribution in [0.2, 0.25) is 0 Å². The van der Waals surface area contributed by atoms with E-state index in [1.807, 2.05) is 13.8 Å². The van der Waals surface area contributed by atoms with E-state index in [0.29, 0.717) is 18.0 Å². The fraction of sp³-hybridized carbons (Fsp3) is 0.478. The van der Waals surface area contributed by atoms with Crippen molar-refractivity contribution < 1.29 is 4.79 Å². The summed E-state index contributed by atoms with van der Waals surface area (Å²) >= 11 is 1.65. The number of carbonyl (C=O) groups excluding carboxylic acids is 1. The fourth-order valence-electron chi connectivity index (χ4n) is 5.10. The summed E-state index contributed by atoms with van der Waals surface area (Å²) in [7, 11) is 0. The molecule has 0 spiro atoms. The normalized spacial score (nSPS) is 21.5. The summed E-state index contributed by atoms with van der Waals surface area (Å²) in [6.07, 6.45) is 2.24. The smallest absolute Gasteiger partial charge is 0.264 e. The van der Waals surface area contributed by atoms with E-state index < -0.39 is 0 Å². The number of carbonyl (C=O) groups is 1.